The molecule has 0 aliphatic heterocycles. The predicted molar refractivity (Wildman–Crippen MR) is 79.6 cm³/mol. The first kappa shape index (κ1) is 17.3. The summed E-state index contributed by atoms with van der Waals surface area (Å²) < 4.78 is 10.8. The highest BCUT2D eigenvalue weighted by Gasteiger charge is 2.25. The Balaban J connectivity index is 2.48. The van der Waals surface area contributed by atoms with Crippen molar-refractivity contribution in [2.24, 2.45) is 5.73 Å². The maximum atomic E-state index is 10.8. The smallest absolute Gasteiger partial charge is 0.325 e. The van der Waals surface area contributed by atoms with Crippen LogP contribution in [0.1, 0.15) is 30.4 Å². The molecule has 1 atom stereocenters. The van der Waals surface area contributed by atoms with Crippen molar-refractivity contribution in [3.05, 3.63) is 35.4 Å². The zero-order valence-electron chi connectivity index (χ0n) is 11.8. The molecule has 0 amide bonds. The zero-order chi connectivity index (χ0) is 15.2. The fourth-order valence-electron chi connectivity index (χ4n) is 2.07. The minimum atomic E-state index is -3.98. The maximum absolute atomic E-state index is 10.8. The molecular weight excluding hydrogens is 277 g/mol. The van der Waals surface area contributed by atoms with Crippen LogP contribution >= 0.6 is 7.60 Å². The highest BCUT2D eigenvalue weighted by atomic mass is 31.2. The molecule has 5 nitrogen and oxygen atoms in total. The third-order valence-corrected chi connectivity index (χ3v) is 4.37. The molecule has 1 unspecified atom stereocenters. The van der Waals surface area contributed by atoms with Crippen LogP contribution in [0.15, 0.2) is 24.3 Å². The lowest BCUT2D eigenvalue weighted by Crippen LogP contribution is -2.44. The molecule has 114 valence electrons. The minimum absolute atomic E-state index is 0.181. The van der Waals surface area contributed by atoms with Crippen LogP contribution in [-0.4, -0.2) is 33.2 Å². The van der Waals surface area contributed by atoms with Gasteiger partial charge in [0.05, 0.1) is 6.61 Å². The minimum Gasteiger partial charge on any atom is -0.394 e. The highest BCUT2D eigenvalue weighted by Crippen LogP contribution is 2.36. The Kier molecular flexibility index (Phi) is 6.37. The number of aliphatic hydroxyl groups is 1. The van der Waals surface area contributed by atoms with Gasteiger partial charge in [0.2, 0.25) is 0 Å². The number of rotatable bonds is 8. The number of hydrogen-bond donors (Lipinski definition) is 4. The second-order valence-corrected chi connectivity index (χ2v) is 7.27. The molecule has 20 heavy (non-hydrogen) atoms. The van der Waals surface area contributed by atoms with Gasteiger partial charge in [-0.25, -0.2) is 0 Å². The number of benzene rings is 1. The molecule has 1 rings (SSSR count). The SMILES string of the molecule is Cc1ccc(CCC(N)(CO)CCCP(=O)(O)O)cc1. The van der Waals surface area contributed by atoms with E-state index in [1.807, 2.05) is 31.2 Å². The lowest BCUT2D eigenvalue weighted by Gasteiger charge is -2.27. The number of aryl methyl sites for hydroxylation is 2. The highest BCUT2D eigenvalue weighted by molar-refractivity contribution is 7.51. The molecule has 1 aromatic rings. The fraction of sp³-hybridized carbons (Fsp3) is 0.571. The Morgan fingerprint density at radius 3 is 2.30 bits per heavy atom. The first-order valence-electron chi connectivity index (χ1n) is 6.74. The normalized spacial score (nSPS) is 15.1. The average Bonchev–Trinajstić information content (AvgIpc) is 2.37. The quantitative estimate of drug-likeness (QED) is 0.546. The molecule has 0 aliphatic rings. The molecule has 0 heterocycles. The van der Waals surface area contributed by atoms with Crippen LogP contribution in [0, 0.1) is 6.92 Å². The van der Waals surface area contributed by atoms with E-state index in [0.717, 1.165) is 12.0 Å². The molecule has 0 fully saturated rings. The van der Waals surface area contributed by atoms with Crippen molar-refractivity contribution in [1.29, 1.82) is 0 Å². The standard InChI is InChI=1S/C14H24NO4P/c1-12-3-5-13(6-4-12)7-9-14(15,11-16)8-2-10-20(17,18)19/h3-6,16H,2,7-11,15H2,1H3,(H2,17,18,19). The Morgan fingerprint density at radius 1 is 1.20 bits per heavy atom. The van der Waals surface area contributed by atoms with Gasteiger partial charge in [0.1, 0.15) is 0 Å². The number of hydrogen-bond acceptors (Lipinski definition) is 3. The van der Waals surface area contributed by atoms with Crippen LogP contribution in [0.4, 0.5) is 0 Å². The summed E-state index contributed by atoms with van der Waals surface area (Å²) in [6.45, 7) is 1.84. The van der Waals surface area contributed by atoms with Crippen molar-refractivity contribution >= 4 is 7.60 Å². The molecular formula is C14H24NO4P. The molecule has 1 aromatic carbocycles. The maximum Gasteiger partial charge on any atom is 0.325 e. The van der Waals surface area contributed by atoms with Crippen LogP contribution in [0.5, 0.6) is 0 Å². The van der Waals surface area contributed by atoms with Gasteiger partial charge in [-0.1, -0.05) is 29.8 Å². The van der Waals surface area contributed by atoms with Crippen molar-refractivity contribution in [2.75, 3.05) is 12.8 Å². The molecule has 6 heteroatoms. The third kappa shape index (κ3) is 6.64. The number of nitrogens with two attached hydrogens (primary N) is 1. The van der Waals surface area contributed by atoms with Gasteiger partial charge in [-0.2, -0.15) is 0 Å². The van der Waals surface area contributed by atoms with Crippen LogP contribution in [-0.2, 0) is 11.0 Å². The van der Waals surface area contributed by atoms with Gasteiger partial charge in [0, 0.05) is 11.7 Å². The summed E-state index contributed by atoms with van der Waals surface area (Å²) in [5.74, 6) is 0. The van der Waals surface area contributed by atoms with Gasteiger partial charge in [-0.05, 0) is 38.2 Å². The largest absolute Gasteiger partial charge is 0.394 e. The molecule has 0 bridgehead atoms. The summed E-state index contributed by atoms with van der Waals surface area (Å²) in [7, 11) is -3.98. The second-order valence-electron chi connectivity index (χ2n) is 5.50. The van der Waals surface area contributed by atoms with Crippen molar-refractivity contribution in [1.82, 2.24) is 0 Å². The number of aliphatic hydroxyl groups excluding tert-OH is 1. The lowest BCUT2D eigenvalue weighted by atomic mass is 9.88. The average molecular weight is 301 g/mol. The van der Waals surface area contributed by atoms with Gasteiger partial charge in [-0.3, -0.25) is 4.57 Å². The second kappa shape index (κ2) is 7.34. The van der Waals surface area contributed by atoms with E-state index in [1.165, 1.54) is 5.56 Å². The molecule has 0 spiro atoms. The van der Waals surface area contributed by atoms with E-state index in [-0.39, 0.29) is 12.8 Å². The Hall–Kier alpha value is -0.710. The summed E-state index contributed by atoms with van der Waals surface area (Å²) >= 11 is 0. The van der Waals surface area contributed by atoms with E-state index in [0.29, 0.717) is 19.3 Å². The van der Waals surface area contributed by atoms with Crippen LogP contribution in [0.25, 0.3) is 0 Å². The van der Waals surface area contributed by atoms with Crippen LogP contribution in [0.3, 0.4) is 0 Å². The van der Waals surface area contributed by atoms with E-state index < -0.39 is 13.1 Å². The Morgan fingerprint density at radius 2 is 1.80 bits per heavy atom. The molecule has 0 aromatic heterocycles. The topological polar surface area (TPSA) is 104 Å². The summed E-state index contributed by atoms with van der Waals surface area (Å²) in [5.41, 5.74) is 7.66. The predicted octanol–water partition coefficient (Wildman–Crippen LogP) is 1.58. The first-order chi connectivity index (χ1) is 9.24. The molecule has 0 saturated heterocycles. The van der Waals surface area contributed by atoms with Crippen molar-refractivity contribution in [3.8, 4) is 0 Å². The lowest BCUT2D eigenvalue weighted by molar-refractivity contribution is 0.177. The monoisotopic (exact) mass is 301 g/mol. The van der Waals surface area contributed by atoms with E-state index in [2.05, 4.69) is 0 Å². The van der Waals surface area contributed by atoms with Gasteiger partial charge < -0.3 is 20.6 Å². The van der Waals surface area contributed by atoms with Crippen LogP contribution < -0.4 is 5.73 Å². The molecule has 0 aliphatic carbocycles. The fourth-order valence-corrected chi connectivity index (χ4v) is 2.64. The van der Waals surface area contributed by atoms with Crippen molar-refractivity contribution in [2.45, 2.75) is 38.1 Å². The van der Waals surface area contributed by atoms with E-state index in [1.54, 1.807) is 0 Å². The summed E-state index contributed by atoms with van der Waals surface area (Å²) in [5, 5.41) is 9.42. The van der Waals surface area contributed by atoms with Gasteiger partial charge >= 0.3 is 7.60 Å². The Bertz CT molecular complexity index is 457. The van der Waals surface area contributed by atoms with E-state index in [9.17, 15) is 9.67 Å². The molecule has 5 N–H and O–H groups in total. The van der Waals surface area contributed by atoms with Gasteiger partial charge in [-0.15, -0.1) is 0 Å². The molecule has 0 radical (unpaired) electrons. The van der Waals surface area contributed by atoms with E-state index >= 15 is 0 Å². The first-order valence-corrected chi connectivity index (χ1v) is 8.54. The summed E-state index contributed by atoms with van der Waals surface area (Å²) in [6, 6.07) is 8.12. The Labute approximate surface area is 120 Å². The van der Waals surface area contributed by atoms with Crippen molar-refractivity contribution < 1.29 is 19.5 Å². The van der Waals surface area contributed by atoms with Gasteiger partial charge in [0.15, 0.2) is 0 Å². The van der Waals surface area contributed by atoms with Crippen LogP contribution in [0.2, 0.25) is 0 Å². The van der Waals surface area contributed by atoms with Gasteiger partial charge in [0.25, 0.3) is 0 Å². The summed E-state index contributed by atoms with van der Waals surface area (Å²) in [6.07, 6.45) is 1.87. The van der Waals surface area contributed by atoms with E-state index in [4.69, 9.17) is 15.5 Å². The molecule has 0 saturated carbocycles. The summed E-state index contributed by atoms with van der Waals surface area (Å²) in [4.78, 5) is 17.7. The third-order valence-electron chi connectivity index (χ3n) is 3.47. The van der Waals surface area contributed by atoms with Crippen molar-refractivity contribution in [3.63, 3.8) is 0 Å². The zero-order valence-corrected chi connectivity index (χ0v) is 12.7.